The van der Waals surface area contributed by atoms with E-state index in [1.165, 1.54) is 6.07 Å². The molecule has 1 heterocycles. The van der Waals surface area contributed by atoms with Crippen molar-refractivity contribution in [3.63, 3.8) is 0 Å². The van der Waals surface area contributed by atoms with Crippen LogP contribution in [-0.2, 0) is 4.74 Å². The highest BCUT2D eigenvalue weighted by molar-refractivity contribution is 5.41. The van der Waals surface area contributed by atoms with Gasteiger partial charge in [-0.15, -0.1) is 0 Å². The van der Waals surface area contributed by atoms with Gasteiger partial charge < -0.3 is 4.74 Å². The average molecular weight is 179 g/mol. The molecule has 1 aliphatic heterocycles. The largest absolute Gasteiger partial charge is 0.368 e. The molecule has 1 aromatic carbocycles. The minimum Gasteiger partial charge on any atom is -0.368 e. The molecule has 4 nitrogen and oxygen atoms in total. The normalized spacial score (nSPS) is 19.9. The second-order valence-electron chi connectivity index (χ2n) is 3.12. The zero-order valence-electron chi connectivity index (χ0n) is 7.19. The SMILES string of the molecule is Cc1ccc([N+](=O)[O-])cc1[C@@H]1CO1. The smallest absolute Gasteiger partial charge is 0.269 e. The van der Waals surface area contributed by atoms with E-state index in [-0.39, 0.29) is 16.7 Å². The van der Waals surface area contributed by atoms with E-state index < -0.39 is 0 Å². The monoisotopic (exact) mass is 179 g/mol. The van der Waals surface area contributed by atoms with Crippen LogP contribution in [0.25, 0.3) is 0 Å². The lowest BCUT2D eigenvalue weighted by molar-refractivity contribution is -0.384. The van der Waals surface area contributed by atoms with Crippen LogP contribution in [-0.4, -0.2) is 11.5 Å². The molecule has 2 rings (SSSR count). The van der Waals surface area contributed by atoms with E-state index in [1.807, 2.05) is 6.92 Å². The van der Waals surface area contributed by atoms with E-state index in [0.717, 1.165) is 11.1 Å². The molecule has 0 spiro atoms. The molecule has 0 N–H and O–H groups in total. The van der Waals surface area contributed by atoms with Gasteiger partial charge in [-0.05, 0) is 18.1 Å². The molecule has 0 aliphatic carbocycles. The zero-order valence-corrected chi connectivity index (χ0v) is 7.19. The molecule has 0 radical (unpaired) electrons. The third-order valence-electron chi connectivity index (χ3n) is 2.15. The predicted molar refractivity (Wildman–Crippen MR) is 46.5 cm³/mol. The number of nitro groups is 1. The number of rotatable bonds is 2. The molecule has 68 valence electrons. The van der Waals surface area contributed by atoms with Crippen molar-refractivity contribution in [1.82, 2.24) is 0 Å². The molecule has 0 saturated carbocycles. The highest BCUT2D eigenvalue weighted by Crippen LogP contribution is 2.33. The highest BCUT2D eigenvalue weighted by atomic mass is 16.6. The Morgan fingerprint density at radius 1 is 1.62 bits per heavy atom. The van der Waals surface area contributed by atoms with Gasteiger partial charge in [-0.2, -0.15) is 0 Å². The van der Waals surface area contributed by atoms with Crippen LogP contribution < -0.4 is 0 Å². The summed E-state index contributed by atoms with van der Waals surface area (Å²) in [6, 6.07) is 4.86. The summed E-state index contributed by atoms with van der Waals surface area (Å²) < 4.78 is 5.09. The van der Waals surface area contributed by atoms with Crippen molar-refractivity contribution < 1.29 is 9.66 Å². The van der Waals surface area contributed by atoms with Gasteiger partial charge in [0.05, 0.1) is 11.5 Å². The second kappa shape index (κ2) is 2.81. The van der Waals surface area contributed by atoms with Crippen molar-refractivity contribution in [2.75, 3.05) is 6.61 Å². The number of epoxide rings is 1. The number of aryl methyl sites for hydroxylation is 1. The predicted octanol–water partition coefficient (Wildman–Crippen LogP) is 1.97. The van der Waals surface area contributed by atoms with Crippen molar-refractivity contribution in [3.8, 4) is 0 Å². The second-order valence-corrected chi connectivity index (χ2v) is 3.12. The number of non-ortho nitro benzene ring substituents is 1. The fraction of sp³-hybridized carbons (Fsp3) is 0.333. The minimum atomic E-state index is -0.384. The van der Waals surface area contributed by atoms with Gasteiger partial charge in [0.25, 0.3) is 5.69 Å². The quantitative estimate of drug-likeness (QED) is 0.396. The molecule has 0 amide bonds. The van der Waals surface area contributed by atoms with Crippen molar-refractivity contribution in [2.45, 2.75) is 13.0 Å². The Balaban J connectivity index is 2.41. The van der Waals surface area contributed by atoms with Gasteiger partial charge in [0.1, 0.15) is 6.10 Å². The van der Waals surface area contributed by atoms with Crippen LogP contribution in [0.2, 0.25) is 0 Å². The van der Waals surface area contributed by atoms with Crippen molar-refractivity contribution in [3.05, 3.63) is 39.4 Å². The standard InChI is InChI=1S/C9H9NO3/c1-6-2-3-7(10(11)12)4-8(6)9-5-13-9/h2-4,9H,5H2,1H3/t9-/m0/s1. The summed E-state index contributed by atoms with van der Waals surface area (Å²) in [5.74, 6) is 0. The lowest BCUT2D eigenvalue weighted by Crippen LogP contribution is -1.92. The fourth-order valence-corrected chi connectivity index (χ4v) is 1.32. The number of nitro benzene ring substituents is 1. The maximum atomic E-state index is 10.5. The Morgan fingerprint density at radius 3 is 2.85 bits per heavy atom. The molecule has 1 aliphatic rings. The van der Waals surface area contributed by atoms with Gasteiger partial charge in [0.15, 0.2) is 0 Å². The van der Waals surface area contributed by atoms with E-state index in [4.69, 9.17) is 4.74 Å². The molecule has 1 saturated heterocycles. The first kappa shape index (κ1) is 8.19. The Morgan fingerprint density at radius 2 is 2.31 bits per heavy atom. The Bertz CT molecular complexity index is 358. The molecule has 1 fully saturated rings. The van der Waals surface area contributed by atoms with E-state index >= 15 is 0 Å². The molecule has 13 heavy (non-hydrogen) atoms. The Labute approximate surface area is 75.3 Å². The number of benzene rings is 1. The van der Waals surface area contributed by atoms with E-state index in [0.29, 0.717) is 6.61 Å². The van der Waals surface area contributed by atoms with Gasteiger partial charge in [-0.3, -0.25) is 10.1 Å². The number of ether oxygens (including phenoxy) is 1. The average Bonchev–Trinajstić information content (AvgIpc) is 2.87. The summed E-state index contributed by atoms with van der Waals surface area (Å²) in [7, 11) is 0. The number of nitrogens with zero attached hydrogens (tertiary/aromatic N) is 1. The van der Waals surface area contributed by atoms with Crippen molar-refractivity contribution in [1.29, 1.82) is 0 Å². The molecular weight excluding hydrogens is 170 g/mol. The summed E-state index contributed by atoms with van der Waals surface area (Å²) in [6.07, 6.45) is 0.0832. The first-order chi connectivity index (χ1) is 6.18. The summed E-state index contributed by atoms with van der Waals surface area (Å²) in [6.45, 7) is 2.61. The Hall–Kier alpha value is -1.42. The van der Waals surface area contributed by atoms with Crippen LogP contribution in [0, 0.1) is 17.0 Å². The maximum Gasteiger partial charge on any atom is 0.269 e. The summed E-state index contributed by atoms with van der Waals surface area (Å²) >= 11 is 0. The molecular formula is C9H9NO3. The molecule has 1 aromatic rings. The first-order valence-electron chi connectivity index (χ1n) is 4.05. The highest BCUT2D eigenvalue weighted by Gasteiger charge is 2.27. The lowest BCUT2D eigenvalue weighted by atomic mass is 10.1. The third-order valence-corrected chi connectivity index (χ3v) is 2.15. The summed E-state index contributed by atoms with van der Waals surface area (Å²) in [5, 5.41) is 10.5. The van der Waals surface area contributed by atoms with Gasteiger partial charge in [-0.25, -0.2) is 0 Å². The van der Waals surface area contributed by atoms with E-state index in [2.05, 4.69) is 0 Å². The van der Waals surface area contributed by atoms with Crippen LogP contribution in [0.1, 0.15) is 17.2 Å². The summed E-state index contributed by atoms with van der Waals surface area (Å²) in [4.78, 5) is 10.1. The van der Waals surface area contributed by atoms with Crippen LogP contribution in [0.4, 0.5) is 5.69 Å². The van der Waals surface area contributed by atoms with Gasteiger partial charge in [0.2, 0.25) is 0 Å². The third kappa shape index (κ3) is 1.53. The van der Waals surface area contributed by atoms with Crippen LogP contribution in [0.3, 0.4) is 0 Å². The van der Waals surface area contributed by atoms with Gasteiger partial charge in [-0.1, -0.05) is 6.07 Å². The first-order valence-corrected chi connectivity index (χ1v) is 4.05. The maximum absolute atomic E-state index is 10.5. The topological polar surface area (TPSA) is 55.7 Å². The number of hydrogen-bond donors (Lipinski definition) is 0. The van der Waals surface area contributed by atoms with Crippen LogP contribution in [0.15, 0.2) is 18.2 Å². The summed E-state index contributed by atoms with van der Waals surface area (Å²) in [5.41, 5.74) is 2.12. The molecule has 1 atom stereocenters. The molecule has 0 aromatic heterocycles. The number of hydrogen-bond acceptors (Lipinski definition) is 3. The van der Waals surface area contributed by atoms with E-state index in [9.17, 15) is 10.1 Å². The van der Waals surface area contributed by atoms with Gasteiger partial charge in [0, 0.05) is 12.1 Å². The van der Waals surface area contributed by atoms with Crippen LogP contribution in [0.5, 0.6) is 0 Å². The molecule has 0 unspecified atom stereocenters. The molecule has 4 heteroatoms. The fourth-order valence-electron chi connectivity index (χ4n) is 1.32. The van der Waals surface area contributed by atoms with Crippen LogP contribution >= 0.6 is 0 Å². The van der Waals surface area contributed by atoms with E-state index in [1.54, 1.807) is 12.1 Å². The van der Waals surface area contributed by atoms with Crippen molar-refractivity contribution >= 4 is 5.69 Å². The van der Waals surface area contributed by atoms with Gasteiger partial charge >= 0.3 is 0 Å². The Kier molecular flexibility index (Phi) is 1.77. The van der Waals surface area contributed by atoms with Crippen molar-refractivity contribution in [2.24, 2.45) is 0 Å². The zero-order chi connectivity index (χ0) is 9.42. The molecule has 0 bridgehead atoms. The minimum absolute atomic E-state index is 0.0832. The lowest BCUT2D eigenvalue weighted by Gasteiger charge is -2.00.